The molecule has 4 heteroatoms. The number of hydrogen-bond acceptors (Lipinski definition) is 3. The first-order chi connectivity index (χ1) is 5.63. The lowest BCUT2D eigenvalue weighted by Gasteiger charge is -2.23. The molecule has 0 rings (SSSR count). The van der Waals surface area contributed by atoms with E-state index in [0.29, 0.717) is 0 Å². The average molecular weight is 171 g/mol. The molecule has 69 valence electrons. The molecule has 0 unspecified atom stereocenters. The van der Waals surface area contributed by atoms with Gasteiger partial charge in [0.1, 0.15) is 0 Å². The Balaban J connectivity index is 4.08. The molecule has 0 saturated carbocycles. The van der Waals surface area contributed by atoms with Crippen LogP contribution in [0.3, 0.4) is 0 Å². The zero-order valence-electron chi connectivity index (χ0n) is 7.76. The van der Waals surface area contributed by atoms with Gasteiger partial charge in [0.25, 0.3) is 0 Å². The standard InChI is InChI=1S/C8H15N2O2/c1-7(2)10(4-5-11)8(12)6-9-3/h7,9H,4,6H2,1-3H3. The van der Waals surface area contributed by atoms with Gasteiger partial charge in [-0.15, -0.1) is 0 Å². The highest BCUT2D eigenvalue weighted by molar-refractivity contribution is 5.80. The third kappa shape index (κ3) is 3.48. The Kier molecular flexibility index (Phi) is 5.28. The third-order valence-electron chi connectivity index (χ3n) is 1.51. The summed E-state index contributed by atoms with van der Waals surface area (Å²) >= 11 is 0. The maximum atomic E-state index is 11.3. The van der Waals surface area contributed by atoms with E-state index in [1.807, 2.05) is 13.8 Å². The molecule has 0 aromatic heterocycles. The van der Waals surface area contributed by atoms with Gasteiger partial charge in [0.05, 0.1) is 13.1 Å². The van der Waals surface area contributed by atoms with Gasteiger partial charge < -0.3 is 10.2 Å². The maximum Gasteiger partial charge on any atom is 0.237 e. The predicted molar refractivity (Wildman–Crippen MR) is 46.5 cm³/mol. The molecule has 1 amide bonds. The van der Waals surface area contributed by atoms with Gasteiger partial charge in [-0.1, -0.05) is 0 Å². The van der Waals surface area contributed by atoms with E-state index in [1.54, 1.807) is 13.3 Å². The molecular weight excluding hydrogens is 156 g/mol. The van der Waals surface area contributed by atoms with Crippen molar-refractivity contribution in [2.75, 3.05) is 20.1 Å². The number of nitrogens with zero attached hydrogens (tertiary/aromatic N) is 1. The Bertz CT molecular complexity index is 157. The van der Waals surface area contributed by atoms with Crippen LogP contribution in [0.5, 0.6) is 0 Å². The van der Waals surface area contributed by atoms with Gasteiger partial charge in [0.15, 0.2) is 0 Å². The highest BCUT2D eigenvalue weighted by Gasteiger charge is 2.14. The number of carbonyl (C=O) groups is 1. The molecule has 1 radical (unpaired) electrons. The van der Waals surface area contributed by atoms with Crippen LogP contribution in [0.15, 0.2) is 0 Å². The van der Waals surface area contributed by atoms with Crippen LogP contribution in [-0.2, 0) is 9.59 Å². The van der Waals surface area contributed by atoms with Crippen LogP contribution in [0.25, 0.3) is 0 Å². The summed E-state index contributed by atoms with van der Waals surface area (Å²) in [4.78, 5) is 22.8. The molecular formula is C8H15N2O2. The van der Waals surface area contributed by atoms with Gasteiger partial charge in [0.2, 0.25) is 12.2 Å². The van der Waals surface area contributed by atoms with Crippen molar-refractivity contribution in [2.45, 2.75) is 19.9 Å². The largest absolute Gasteiger partial charge is 0.331 e. The van der Waals surface area contributed by atoms with Crippen molar-refractivity contribution in [3.63, 3.8) is 0 Å². The summed E-state index contributed by atoms with van der Waals surface area (Å²) in [6.07, 6.45) is 1.72. The summed E-state index contributed by atoms with van der Waals surface area (Å²) in [5, 5.41) is 2.74. The highest BCUT2D eigenvalue weighted by Crippen LogP contribution is 1.96. The van der Waals surface area contributed by atoms with Crippen LogP contribution in [0, 0.1) is 0 Å². The summed E-state index contributed by atoms with van der Waals surface area (Å²) in [7, 11) is 1.70. The van der Waals surface area contributed by atoms with E-state index in [0.717, 1.165) is 0 Å². The summed E-state index contributed by atoms with van der Waals surface area (Å²) in [6.45, 7) is 4.05. The van der Waals surface area contributed by atoms with Gasteiger partial charge in [-0.2, -0.15) is 0 Å². The van der Waals surface area contributed by atoms with E-state index in [9.17, 15) is 9.59 Å². The molecule has 0 bridgehead atoms. The molecule has 0 aliphatic carbocycles. The second-order valence-electron chi connectivity index (χ2n) is 2.79. The number of hydrogen-bond donors (Lipinski definition) is 1. The summed E-state index contributed by atoms with van der Waals surface area (Å²) < 4.78 is 0. The zero-order chi connectivity index (χ0) is 9.56. The van der Waals surface area contributed by atoms with E-state index < -0.39 is 0 Å². The first kappa shape index (κ1) is 11.1. The second kappa shape index (κ2) is 5.71. The van der Waals surface area contributed by atoms with E-state index in [2.05, 4.69) is 5.32 Å². The first-order valence-corrected chi connectivity index (χ1v) is 3.92. The quantitative estimate of drug-likeness (QED) is 0.609. The monoisotopic (exact) mass is 171 g/mol. The normalized spacial score (nSPS) is 10.0. The number of nitrogens with one attached hydrogen (secondary N) is 1. The maximum absolute atomic E-state index is 11.3. The summed E-state index contributed by atoms with van der Waals surface area (Å²) in [5.74, 6) is -0.0733. The molecule has 0 fully saturated rings. The van der Waals surface area contributed by atoms with Crippen molar-refractivity contribution in [2.24, 2.45) is 0 Å². The van der Waals surface area contributed by atoms with E-state index in [4.69, 9.17) is 0 Å². The first-order valence-electron chi connectivity index (χ1n) is 3.92. The van der Waals surface area contributed by atoms with Crippen LogP contribution in [-0.4, -0.2) is 43.3 Å². The molecule has 0 saturated heterocycles. The SMILES string of the molecule is CNCC(=O)N(C[C]=O)C(C)C. The molecule has 4 nitrogen and oxygen atoms in total. The number of rotatable bonds is 5. The van der Waals surface area contributed by atoms with Crippen molar-refractivity contribution in [1.82, 2.24) is 10.2 Å². The number of amides is 1. The molecule has 12 heavy (non-hydrogen) atoms. The van der Waals surface area contributed by atoms with Crippen molar-refractivity contribution >= 4 is 12.2 Å². The van der Waals surface area contributed by atoms with Crippen molar-refractivity contribution < 1.29 is 9.59 Å². The van der Waals surface area contributed by atoms with Crippen LogP contribution >= 0.6 is 0 Å². The van der Waals surface area contributed by atoms with E-state index in [-0.39, 0.29) is 25.0 Å². The molecule has 0 aromatic carbocycles. The Morgan fingerprint density at radius 3 is 2.50 bits per heavy atom. The average Bonchev–Trinajstić information content (AvgIpc) is 1.99. The minimum Gasteiger partial charge on any atom is -0.331 e. The molecule has 0 atom stereocenters. The lowest BCUT2D eigenvalue weighted by atomic mass is 10.3. The lowest BCUT2D eigenvalue weighted by Crippen LogP contribution is -2.42. The van der Waals surface area contributed by atoms with Crippen LogP contribution in [0.4, 0.5) is 0 Å². The molecule has 1 N–H and O–H groups in total. The van der Waals surface area contributed by atoms with Crippen LogP contribution < -0.4 is 5.32 Å². The van der Waals surface area contributed by atoms with Crippen LogP contribution in [0.2, 0.25) is 0 Å². The minimum atomic E-state index is -0.0733. The summed E-state index contributed by atoms with van der Waals surface area (Å²) in [5.41, 5.74) is 0. The van der Waals surface area contributed by atoms with Crippen molar-refractivity contribution in [3.8, 4) is 0 Å². The highest BCUT2D eigenvalue weighted by atomic mass is 16.2. The van der Waals surface area contributed by atoms with Gasteiger partial charge in [-0.3, -0.25) is 9.59 Å². The molecule has 0 spiro atoms. The summed E-state index contributed by atoms with van der Waals surface area (Å²) in [6, 6.07) is 0.0484. The number of carbonyl (C=O) groups excluding carboxylic acids is 2. The zero-order valence-corrected chi connectivity index (χ0v) is 7.76. The van der Waals surface area contributed by atoms with E-state index >= 15 is 0 Å². The van der Waals surface area contributed by atoms with Gasteiger partial charge in [-0.25, -0.2) is 0 Å². The second-order valence-corrected chi connectivity index (χ2v) is 2.79. The minimum absolute atomic E-state index is 0.0484. The Morgan fingerprint density at radius 1 is 1.58 bits per heavy atom. The van der Waals surface area contributed by atoms with Crippen molar-refractivity contribution in [3.05, 3.63) is 0 Å². The molecule has 0 aliphatic heterocycles. The van der Waals surface area contributed by atoms with Gasteiger partial charge >= 0.3 is 0 Å². The predicted octanol–water partition coefficient (Wildman–Crippen LogP) is -0.447. The van der Waals surface area contributed by atoms with Crippen LogP contribution in [0.1, 0.15) is 13.8 Å². The molecule has 0 aliphatic rings. The molecule has 0 heterocycles. The van der Waals surface area contributed by atoms with Crippen molar-refractivity contribution in [1.29, 1.82) is 0 Å². The third-order valence-corrected chi connectivity index (χ3v) is 1.51. The lowest BCUT2D eigenvalue weighted by molar-refractivity contribution is -0.130. The fraction of sp³-hybridized carbons (Fsp3) is 0.750. The Morgan fingerprint density at radius 2 is 2.17 bits per heavy atom. The Hall–Kier alpha value is -0.900. The topological polar surface area (TPSA) is 49.4 Å². The fourth-order valence-corrected chi connectivity index (χ4v) is 0.881. The number of likely N-dealkylation sites (N-methyl/N-ethyl adjacent to an activating group) is 1. The Labute approximate surface area is 72.9 Å². The molecule has 0 aromatic rings. The van der Waals surface area contributed by atoms with E-state index in [1.165, 1.54) is 4.90 Å². The van der Waals surface area contributed by atoms with Gasteiger partial charge in [0, 0.05) is 6.04 Å². The van der Waals surface area contributed by atoms with Gasteiger partial charge in [-0.05, 0) is 20.9 Å². The fourth-order valence-electron chi connectivity index (χ4n) is 0.881. The smallest absolute Gasteiger partial charge is 0.237 e.